The van der Waals surface area contributed by atoms with E-state index >= 15 is 0 Å². The number of halogens is 2. The number of carbonyl (C=O) groups is 1. The van der Waals surface area contributed by atoms with Crippen molar-refractivity contribution < 1.29 is 14.6 Å². The summed E-state index contributed by atoms with van der Waals surface area (Å²) in [4.78, 5) is 15.6. The second-order valence-corrected chi connectivity index (χ2v) is 7.04. The lowest BCUT2D eigenvalue weighted by Gasteiger charge is -2.42. The Bertz CT molecular complexity index is 580. The number of ether oxygens (including phenoxy) is 1. The summed E-state index contributed by atoms with van der Waals surface area (Å²) in [6.45, 7) is 6.55. The van der Waals surface area contributed by atoms with E-state index in [1.807, 2.05) is 25.7 Å². The Morgan fingerprint density at radius 2 is 2.09 bits per heavy atom. The largest absolute Gasteiger partial charge is 0.444 e. The molecule has 7 nitrogen and oxygen atoms in total. The zero-order valence-electron chi connectivity index (χ0n) is 13.3. The number of hydrogen-bond acceptors (Lipinski definition) is 6. The highest BCUT2D eigenvalue weighted by Crippen LogP contribution is 2.29. The molecule has 2 heterocycles. The fourth-order valence-electron chi connectivity index (χ4n) is 2.37. The van der Waals surface area contributed by atoms with Gasteiger partial charge in [-0.15, -0.1) is 10.2 Å². The minimum absolute atomic E-state index is 0.143. The Labute approximate surface area is 145 Å². The first kappa shape index (κ1) is 18.0. The Balaban J connectivity index is 2.13. The molecule has 0 bridgehead atoms. The van der Waals surface area contributed by atoms with Crippen LogP contribution in [0.2, 0.25) is 10.3 Å². The van der Waals surface area contributed by atoms with Crippen LogP contribution in [0.4, 0.5) is 10.5 Å². The molecule has 1 atom stereocenters. The third-order valence-corrected chi connectivity index (χ3v) is 3.81. The molecule has 1 aromatic heterocycles. The molecule has 128 valence electrons. The summed E-state index contributed by atoms with van der Waals surface area (Å²) in [5, 5.41) is 17.6. The zero-order valence-corrected chi connectivity index (χ0v) is 14.8. The predicted molar refractivity (Wildman–Crippen MR) is 88.1 cm³/mol. The Hall–Kier alpha value is -1.31. The van der Waals surface area contributed by atoms with Crippen molar-refractivity contribution >= 4 is 35.0 Å². The molecule has 0 radical (unpaired) electrons. The van der Waals surface area contributed by atoms with Crippen LogP contribution in [0.1, 0.15) is 20.8 Å². The molecule has 1 fully saturated rings. The van der Waals surface area contributed by atoms with E-state index in [1.54, 1.807) is 11.0 Å². The fraction of sp³-hybridized carbons (Fsp3) is 0.643. The first-order valence-electron chi connectivity index (χ1n) is 7.25. The molecule has 1 amide bonds. The molecule has 0 spiro atoms. The number of nitrogens with zero attached hydrogens (tertiary/aromatic N) is 4. The number of rotatable bonds is 2. The van der Waals surface area contributed by atoms with E-state index in [4.69, 9.17) is 27.9 Å². The van der Waals surface area contributed by atoms with E-state index in [9.17, 15) is 9.90 Å². The van der Waals surface area contributed by atoms with Crippen molar-refractivity contribution in [2.45, 2.75) is 32.4 Å². The van der Waals surface area contributed by atoms with Crippen molar-refractivity contribution in [3.63, 3.8) is 0 Å². The van der Waals surface area contributed by atoms with Gasteiger partial charge in [0.15, 0.2) is 10.3 Å². The van der Waals surface area contributed by atoms with Crippen molar-refractivity contribution in [2.75, 3.05) is 31.1 Å². The average molecular weight is 363 g/mol. The van der Waals surface area contributed by atoms with Crippen molar-refractivity contribution in [1.29, 1.82) is 0 Å². The number of aliphatic hydroxyl groups is 1. The molecule has 2 rings (SSSR count). The van der Waals surface area contributed by atoms with Crippen LogP contribution in [0.15, 0.2) is 6.07 Å². The van der Waals surface area contributed by atoms with Crippen LogP contribution >= 0.6 is 23.2 Å². The Morgan fingerprint density at radius 1 is 1.39 bits per heavy atom. The molecular formula is C14H20Cl2N4O3. The zero-order chi connectivity index (χ0) is 17.2. The smallest absolute Gasteiger partial charge is 0.410 e. The summed E-state index contributed by atoms with van der Waals surface area (Å²) in [5.74, 6) is 0. The van der Waals surface area contributed by atoms with Crippen LogP contribution in [-0.2, 0) is 4.74 Å². The second kappa shape index (κ2) is 7.07. The molecule has 1 aliphatic rings. The molecule has 1 N–H and O–H groups in total. The number of anilines is 1. The molecular weight excluding hydrogens is 343 g/mol. The lowest BCUT2D eigenvalue weighted by molar-refractivity contribution is 0.0197. The minimum atomic E-state index is -0.561. The van der Waals surface area contributed by atoms with Gasteiger partial charge >= 0.3 is 6.09 Å². The number of piperazine rings is 1. The maximum Gasteiger partial charge on any atom is 0.410 e. The SMILES string of the molecule is CC(C)(C)OC(=O)N1CCN(c2cc(Cl)nnc2Cl)C(CO)C1. The van der Waals surface area contributed by atoms with Crippen molar-refractivity contribution in [1.82, 2.24) is 15.1 Å². The normalized spacial score (nSPS) is 19.0. The number of aliphatic hydroxyl groups excluding tert-OH is 1. The van der Waals surface area contributed by atoms with E-state index in [-0.39, 0.29) is 23.0 Å². The van der Waals surface area contributed by atoms with Crippen molar-refractivity contribution in [2.24, 2.45) is 0 Å². The Morgan fingerprint density at radius 3 is 2.70 bits per heavy atom. The van der Waals surface area contributed by atoms with Crippen LogP contribution in [0.3, 0.4) is 0 Å². The molecule has 1 saturated heterocycles. The quantitative estimate of drug-likeness (QED) is 0.868. The van der Waals surface area contributed by atoms with Crippen molar-refractivity contribution in [3.8, 4) is 0 Å². The van der Waals surface area contributed by atoms with Gasteiger partial charge in [-0.05, 0) is 20.8 Å². The summed E-state index contributed by atoms with van der Waals surface area (Å²) >= 11 is 11.9. The number of hydrogen-bond donors (Lipinski definition) is 1. The summed E-state index contributed by atoms with van der Waals surface area (Å²) in [5.41, 5.74) is 0.0314. The topological polar surface area (TPSA) is 78.8 Å². The van der Waals surface area contributed by atoms with Gasteiger partial charge in [0.2, 0.25) is 0 Å². The van der Waals surface area contributed by atoms with Crippen molar-refractivity contribution in [3.05, 3.63) is 16.4 Å². The summed E-state index contributed by atoms with van der Waals surface area (Å²) in [6.07, 6.45) is -0.396. The van der Waals surface area contributed by atoms with Crippen LogP contribution in [0.25, 0.3) is 0 Å². The van der Waals surface area contributed by atoms with Gasteiger partial charge in [-0.25, -0.2) is 4.79 Å². The van der Waals surface area contributed by atoms with Gasteiger partial charge in [-0.1, -0.05) is 23.2 Å². The number of amides is 1. The molecule has 0 aromatic carbocycles. The van der Waals surface area contributed by atoms with Crippen LogP contribution in [-0.4, -0.2) is 64.2 Å². The molecule has 1 unspecified atom stereocenters. The van der Waals surface area contributed by atoms with Gasteiger partial charge in [0.25, 0.3) is 0 Å². The third kappa shape index (κ3) is 4.59. The first-order chi connectivity index (χ1) is 10.7. The molecule has 1 aliphatic heterocycles. The maximum absolute atomic E-state index is 12.2. The Kier molecular flexibility index (Phi) is 5.54. The molecule has 0 saturated carbocycles. The molecule has 0 aliphatic carbocycles. The van der Waals surface area contributed by atoms with E-state index in [1.165, 1.54) is 0 Å². The molecule has 23 heavy (non-hydrogen) atoms. The van der Waals surface area contributed by atoms with Gasteiger partial charge in [0.05, 0.1) is 18.3 Å². The van der Waals surface area contributed by atoms with Gasteiger partial charge in [-0.2, -0.15) is 0 Å². The van der Waals surface area contributed by atoms with E-state index in [2.05, 4.69) is 10.2 Å². The van der Waals surface area contributed by atoms with Crippen LogP contribution in [0.5, 0.6) is 0 Å². The highest BCUT2D eigenvalue weighted by atomic mass is 35.5. The maximum atomic E-state index is 12.2. The van der Waals surface area contributed by atoms with Gasteiger partial charge in [0, 0.05) is 25.7 Å². The van der Waals surface area contributed by atoms with Gasteiger partial charge in [-0.3, -0.25) is 0 Å². The molecule has 1 aromatic rings. The van der Waals surface area contributed by atoms with E-state index in [0.29, 0.717) is 25.3 Å². The average Bonchev–Trinajstić information content (AvgIpc) is 2.47. The van der Waals surface area contributed by atoms with Gasteiger partial charge in [0.1, 0.15) is 5.60 Å². The monoisotopic (exact) mass is 362 g/mol. The molecule has 9 heteroatoms. The number of aromatic nitrogens is 2. The summed E-state index contributed by atoms with van der Waals surface area (Å²) < 4.78 is 5.37. The summed E-state index contributed by atoms with van der Waals surface area (Å²) in [7, 11) is 0. The third-order valence-electron chi connectivity index (χ3n) is 3.36. The summed E-state index contributed by atoms with van der Waals surface area (Å²) in [6, 6.07) is 1.27. The fourth-order valence-corrected chi connectivity index (χ4v) is 2.71. The number of carbonyl (C=O) groups excluding carboxylic acids is 1. The highest BCUT2D eigenvalue weighted by Gasteiger charge is 2.33. The van der Waals surface area contributed by atoms with E-state index in [0.717, 1.165) is 0 Å². The standard InChI is InChI=1S/C14H20Cl2N4O3/c1-14(2,3)23-13(22)19-4-5-20(9(7-19)8-21)10-6-11(15)17-18-12(10)16/h6,9,21H,4-5,7-8H2,1-3H3. The minimum Gasteiger partial charge on any atom is -0.444 e. The van der Waals surface area contributed by atoms with E-state index < -0.39 is 11.7 Å². The van der Waals surface area contributed by atoms with Crippen LogP contribution < -0.4 is 4.90 Å². The van der Waals surface area contributed by atoms with Gasteiger partial charge < -0.3 is 19.6 Å². The predicted octanol–water partition coefficient (Wildman–Crippen LogP) is 2.20. The lowest BCUT2D eigenvalue weighted by atomic mass is 10.1. The second-order valence-electron chi connectivity index (χ2n) is 6.30. The lowest BCUT2D eigenvalue weighted by Crippen LogP contribution is -2.57. The highest BCUT2D eigenvalue weighted by molar-refractivity contribution is 6.33. The van der Waals surface area contributed by atoms with Crippen LogP contribution in [0, 0.1) is 0 Å². The first-order valence-corrected chi connectivity index (χ1v) is 8.01.